The van der Waals surface area contributed by atoms with Crippen LogP contribution in [0.25, 0.3) is 17.1 Å². The molecule has 0 aromatic carbocycles. The summed E-state index contributed by atoms with van der Waals surface area (Å²) in [4.78, 5) is 16.0. The van der Waals surface area contributed by atoms with Crippen LogP contribution in [0.1, 0.15) is 18.4 Å². The molecule has 1 N–H and O–H groups in total. The van der Waals surface area contributed by atoms with Crippen molar-refractivity contribution >= 4 is 27.6 Å². The highest BCUT2D eigenvalue weighted by Crippen LogP contribution is 2.36. The molecule has 4 rings (SSSR count). The largest absolute Gasteiger partial charge is 0.480 e. The summed E-state index contributed by atoms with van der Waals surface area (Å²) in [5.74, 6) is 0.148. The quantitative estimate of drug-likeness (QED) is 0.515. The van der Waals surface area contributed by atoms with Gasteiger partial charge in [-0.1, -0.05) is 11.6 Å². The van der Waals surface area contributed by atoms with Gasteiger partial charge in [0.2, 0.25) is 21.9 Å². The normalized spacial score (nSPS) is 15.8. The minimum absolute atomic E-state index is 0.0102. The van der Waals surface area contributed by atoms with Gasteiger partial charge in [0.1, 0.15) is 28.3 Å². The standard InChI is InChI=1S/C20H21ClF3N7O3S/c1-34-18-16(21)15(3-6-25-18)30-10-14(27-11-30)17-13(20(22,23)24)9-26-19(29-17)28-12-4-7-31(8-5-12)35(2,32)33/h3,6,9-12H,4-5,7-8H2,1-2H3,(H,26,28,29). The summed E-state index contributed by atoms with van der Waals surface area (Å²) in [6, 6.07) is 1.37. The Hall–Kier alpha value is -2.97. The van der Waals surface area contributed by atoms with Crippen molar-refractivity contribution in [2.24, 2.45) is 0 Å². The maximum absolute atomic E-state index is 13.7. The zero-order chi connectivity index (χ0) is 25.4. The molecule has 0 spiro atoms. The van der Waals surface area contributed by atoms with Gasteiger partial charge in [-0.25, -0.2) is 32.7 Å². The fraction of sp³-hybridized carbons (Fsp3) is 0.400. The molecule has 0 saturated carbocycles. The number of pyridine rings is 1. The van der Waals surface area contributed by atoms with E-state index in [1.165, 1.54) is 34.7 Å². The van der Waals surface area contributed by atoms with Crippen LogP contribution in [0.4, 0.5) is 19.1 Å². The summed E-state index contributed by atoms with van der Waals surface area (Å²) in [7, 11) is -1.90. The van der Waals surface area contributed by atoms with Gasteiger partial charge in [0.15, 0.2) is 0 Å². The Bertz CT molecular complexity index is 1330. The van der Waals surface area contributed by atoms with E-state index in [1.54, 1.807) is 6.07 Å². The molecule has 3 aromatic rings. The number of hydrogen-bond acceptors (Lipinski definition) is 8. The maximum Gasteiger partial charge on any atom is 0.420 e. The zero-order valence-corrected chi connectivity index (χ0v) is 20.2. The van der Waals surface area contributed by atoms with Gasteiger partial charge in [-0.2, -0.15) is 13.2 Å². The van der Waals surface area contributed by atoms with Crippen LogP contribution in [0.15, 0.2) is 31.0 Å². The van der Waals surface area contributed by atoms with Gasteiger partial charge in [-0.15, -0.1) is 0 Å². The van der Waals surface area contributed by atoms with Crippen LogP contribution < -0.4 is 10.1 Å². The van der Waals surface area contributed by atoms with Crippen LogP contribution in [0.5, 0.6) is 5.88 Å². The van der Waals surface area contributed by atoms with Crippen LogP contribution in [0.2, 0.25) is 5.02 Å². The second kappa shape index (κ2) is 9.59. The lowest BCUT2D eigenvalue weighted by molar-refractivity contribution is -0.137. The number of nitrogens with one attached hydrogen (secondary N) is 1. The van der Waals surface area contributed by atoms with Gasteiger partial charge in [-0.05, 0) is 18.9 Å². The Morgan fingerprint density at radius 2 is 1.91 bits per heavy atom. The predicted octanol–water partition coefficient (Wildman–Crippen LogP) is 3.24. The summed E-state index contributed by atoms with van der Waals surface area (Å²) in [5, 5.41) is 3.18. The summed E-state index contributed by atoms with van der Waals surface area (Å²) in [6.45, 7) is 0.592. The van der Waals surface area contributed by atoms with E-state index in [-0.39, 0.29) is 28.6 Å². The molecule has 0 atom stereocenters. The lowest BCUT2D eigenvalue weighted by Gasteiger charge is -2.30. The fourth-order valence-electron chi connectivity index (χ4n) is 3.70. The highest BCUT2D eigenvalue weighted by molar-refractivity contribution is 7.88. The molecule has 1 aliphatic heterocycles. The van der Waals surface area contributed by atoms with E-state index in [0.29, 0.717) is 37.8 Å². The number of sulfonamides is 1. The third-order valence-electron chi connectivity index (χ3n) is 5.48. The third kappa shape index (κ3) is 5.49. The van der Waals surface area contributed by atoms with Crippen LogP contribution in [0, 0.1) is 0 Å². The third-order valence-corrected chi connectivity index (χ3v) is 7.14. The van der Waals surface area contributed by atoms with E-state index in [0.717, 1.165) is 6.26 Å². The first-order chi connectivity index (χ1) is 16.5. The van der Waals surface area contributed by atoms with E-state index in [2.05, 4.69) is 25.3 Å². The minimum atomic E-state index is -4.71. The maximum atomic E-state index is 13.7. The van der Waals surface area contributed by atoms with Gasteiger partial charge in [0, 0.05) is 37.7 Å². The highest BCUT2D eigenvalue weighted by atomic mass is 35.5. The Kier molecular flexibility index (Phi) is 6.88. The minimum Gasteiger partial charge on any atom is -0.480 e. The van der Waals surface area contributed by atoms with Crippen molar-refractivity contribution in [1.29, 1.82) is 0 Å². The Morgan fingerprint density at radius 1 is 1.20 bits per heavy atom. The van der Waals surface area contributed by atoms with Crippen molar-refractivity contribution in [2.45, 2.75) is 25.1 Å². The van der Waals surface area contributed by atoms with Crippen molar-refractivity contribution < 1.29 is 26.3 Å². The predicted molar refractivity (Wildman–Crippen MR) is 122 cm³/mol. The number of ether oxygens (including phenoxy) is 1. The van der Waals surface area contributed by atoms with Crippen LogP contribution in [0.3, 0.4) is 0 Å². The molecule has 15 heteroatoms. The molecule has 0 amide bonds. The van der Waals surface area contributed by atoms with Gasteiger partial charge in [-0.3, -0.25) is 0 Å². The average molecular weight is 532 g/mol. The summed E-state index contributed by atoms with van der Waals surface area (Å²) in [6.07, 6.45) is 2.18. The molecule has 3 aromatic heterocycles. The number of methoxy groups -OCH3 is 1. The molecule has 1 saturated heterocycles. The van der Waals surface area contributed by atoms with Crippen molar-refractivity contribution in [3.8, 4) is 23.0 Å². The average Bonchev–Trinajstić information content (AvgIpc) is 3.28. The molecule has 10 nitrogen and oxygen atoms in total. The molecule has 0 unspecified atom stereocenters. The zero-order valence-electron chi connectivity index (χ0n) is 18.6. The second-order valence-electron chi connectivity index (χ2n) is 7.85. The van der Waals surface area contributed by atoms with E-state index < -0.39 is 27.5 Å². The van der Waals surface area contributed by atoms with Crippen LogP contribution >= 0.6 is 11.6 Å². The molecule has 0 radical (unpaired) electrons. The molecule has 35 heavy (non-hydrogen) atoms. The number of anilines is 1. The lowest BCUT2D eigenvalue weighted by atomic mass is 10.1. The monoisotopic (exact) mass is 531 g/mol. The molecular weight excluding hydrogens is 511 g/mol. The molecule has 188 valence electrons. The Labute approximate surface area is 204 Å². The number of imidazole rings is 1. The number of nitrogens with zero attached hydrogens (tertiary/aromatic N) is 6. The number of piperidine rings is 1. The second-order valence-corrected chi connectivity index (χ2v) is 10.2. The molecule has 0 aliphatic carbocycles. The van der Waals surface area contributed by atoms with Gasteiger partial charge in [0.25, 0.3) is 0 Å². The van der Waals surface area contributed by atoms with Gasteiger partial charge in [0.05, 0.1) is 19.1 Å². The van der Waals surface area contributed by atoms with E-state index >= 15 is 0 Å². The molecule has 4 heterocycles. The van der Waals surface area contributed by atoms with Crippen LogP contribution in [-0.2, 0) is 16.2 Å². The Balaban J connectivity index is 1.63. The van der Waals surface area contributed by atoms with Gasteiger partial charge >= 0.3 is 6.18 Å². The first kappa shape index (κ1) is 25.1. The topological polar surface area (TPSA) is 115 Å². The number of aromatic nitrogens is 5. The summed E-state index contributed by atoms with van der Waals surface area (Å²) in [5.41, 5.74) is -1.07. The molecule has 1 aliphatic rings. The van der Waals surface area contributed by atoms with Crippen LogP contribution in [-0.4, -0.2) is 69.7 Å². The lowest BCUT2D eigenvalue weighted by Crippen LogP contribution is -2.42. The summed E-state index contributed by atoms with van der Waals surface area (Å²) < 4.78 is 72.5. The first-order valence-electron chi connectivity index (χ1n) is 10.4. The number of alkyl halides is 3. The SMILES string of the molecule is COc1nccc(-n2cnc(-c3nc(NC4CCN(S(C)(=O)=O)CC4)ncc3C(F)(F)F)c2)c1Cl. The smallest absolute Gasteiger partial charge is 0.420 e. The van der Waals surface area contributed by atoms with Crippen molar-refractivity contribution in [3.63, 3.8) is 0 Å². The number of rotatable bonds is 6. The highest BCUT2D eigenvalue weighted by Gasteiger charge is 2.36. The molecule has 1 fully saturated rings. The number of halogens is 4. The molecular formula is C20H21ClF3N7O3S. The van der Waals surface area contributed by atoms with Crippen molar-refractivity contribution in [1.82, 2.24) is 28.8 Å². The fourth-order valence-corrected chi connectivity index (χ4v) is 4.86. The van der Waals surface area contributed by atoms with E-state index in [9.17, 15) is 21.6 Å². The number of hydrogen-bond donors (Lipinski definition) is 1. The van der Waals surface area contributed by atoms with E-state index in [1.807, 2.05) is 0 Å². The van der Waals surface area contributed by atoms with Crippen molar-refractivity contribution in [2.75, 3.05) is 31.8 Å². The van der Waals surface area contributed by atoms with Crippen molar-refractivity contribution in [3.05, 3.63) is 41.6 Å². The van der Waals surface area contributed by atoms with E-state index in [4.69, 9.17) is 16.3 Å². The van der Waals surface area contributed by atoms with Gasteiger partial charge < -0.3 is 14.6 Å². The Morgan fingerprint density at radius 3 is 2.54 bits per heavy atom. The molecule has 0 bridgehead atoms. The first-order valence-corrected chi connectivity index (χ1v) is 12.6. The summed E-state index contributed by atoms with van der Waals surface area (Å²) >= 11 is 6.28.